The number of allylic oxidation sites excluding steroid dienone is 2. The van der Waals surface area contributed by atoms with E-state index in [1.807, 2.05) is 6.07 Å². The van der Waals surface area contributed by atoms with Crippen molar-refractivity contribution >= 4 is 5.71 Å². The molecule has 2 N–H and O–H groups in total. The summed E-state index contributed by atoms with van der Waals surface area (Å²) in [5, 5.41) is 19.5. The Bertz CT molecular complexity index is 540. The van der Waals surface area contributed by atoms with E-state index < -0.39 is 0 Å². The van der Waals surface area contributed by atoms with Gasteiger partial charge < -0.3 is 5.32 Å². The number of halogens is 1. The van der Waals surface area contributed by atoms with E-state index >= 15 is 0 Å². The summed E-state index contributed by atoms with van der Waals surface area (Å²) >= 11 is 0. The lowest BCUT2D eigenvalue weighted by Crippen LogP contribution is -2.15. The quantitative estimate of drug-likeness (QED) is 0.799. The van der Waals surface area contributed by atoms with Crippen LogP contribution >= 0.6 is 0 Å². The van der Waals surface area contributed by atoms with Crippen LogP contribution in [-0.2, 0) is 6.54 Å². The summed E-state index contributed by atoms with van der Waals surface area (Å²) in [7, 11) is 0. The van der Waals surface area contributed by atoms with Crippen molar-refractivity contribution in [1.82, 2.24) is 5.32 Å². The number of hydrogen-bond donors (Lipinski definition) is 2. The van der Waals surface area contributed by atoms with Crippen LogP contribution < -0.4 is 5.32 Å². The zero-order valence-electron chi connectivity index (χ0n) is 9.96. The fourth-order valence-electron chi connectivity index (χ4n) is 2.13. The van der Waals surface area contributed by atoms with Crippen molar-refractivity contribution < 1.29 is 4.39 Å². The molecule has 0 bridgehead atoms. The van der Waals surface area contributed by atoms with Crippen molar-refractivity contribution in [2.75, 3.05) is 0 Å². The predicted molar refractivity (Wildman–Crippen MR) is 67.5 cm³/mol. The van der Waals surface area contributed by atoms with Gasteiger partial charge in [-0.3, -0.25) is 5.41 Å². The Balaban J connectivity index is 2.09. The van der Waals surface area contributed by atoms with E-state index in [9.17, 15) is 4.39 Å². The average Bonchev–Trinajstić information content (AvgIpc) is 2.85. The topological polar surface area (TPSA) is 59.7 Å². The Labute approximate surface area is 105 Å². The number of nitrogens with zero attached hydrogens (tertiary/aromatic N) is 1. The molecule has 1 aromatic rings. The van der Waals surface area contributed by atoms with Crippen LogP contribution in [0.15, 0.2) is 35.5 Å². The molecule has 4 heteroatoms. The molecular weight excluding hydrogens is 229 g/mol. The molecule has 92 valence electrons. The number of nitriles is 1. The second kappa shape index (κ2) is 5.46. The van der Waals surface area contributed by atoms with Crippen molar-refractivity contribution in [2.45, 2.75) is 25.8 Å². The van der Waals surface area contributed by atoms with Crippen LogP contribution in [0.3, 0.4) is 0 Å². The van der Waals surface area contributed by atoms with Crippen molar-refractivity contribution in [2.24, 2.45) is 0 Å². The Morgan fingerprint density at radius 2 is 2.17 bits per heavy atom. The van der Waals surface area contributed by atoms with Gasteiger partial charge in [0.25, 0.3) is 0 Å². The lowest BCUT2D eigenvalue weighted by atomic mass is 10.1. The van der Waals surface area contributed by atoms with Crippen LogP contribution in [0.1, 0.15) is 24.8 Å². The summed E-state index contributed by atoms with van der Waals surface area (Å²) in [5.74, 6) is -0.236. The third-order valence-corrected chi connectivity index (χ3v) is 3.08. The Morgan fingerprint density at radius 1 is 1.39 bits per heavy atom. The van der Waals surface area contributed by atoms with Crippen molar-refractivity contribution in [3.05, 3.63) is 46.9 Å². The van der Waals surface area contributed by atoms with Gasteiger partial charge in [0, 0.05) is 23.4 Å². The van der Waals surface area contributed by atoms with Gasteiger partial charge in [0.15, 0.2) is 0 Å². The molecule has 0 atom stereocenters. The largest absolute Gasteiger partial charge is 0.384 e. The van der Waals surface area contributed by atoms with Gasteiger partial charge >= 0.3 is 0 Å². The number of nitrogens with one attached hydrogen (secondary N) is 2. The molecule has 0 unspecified atom stereocenters. The van der Waals surface area contributed by atoms with Gasteiger partial charge in [-0.05, 0) is 25.3 Å². The summed E-state index contributed by atoms with van der Waals surface area (Å²) in [6.45, 7) is 0.393. The van der Waals surface area contributed by atoms with Gasteiger partial charge in [-0.1, -0.05) is 18.2 Å². The molecule has 0 aromatic heterocycles. The van der Waals surface area contributed by atoms with Crippen molar-refractivity contribution in [1.29, 1.82) is 10.7 Å². The van der Waals surface area contributed by atoms with Gasteiger partial charge in [0.1, 0.15) is 17.6 Å². The highest BCUT2D eigenvalue weighted by molar-refractivity contribution is 6.09. The highest BCUT2D eigenvalue weighted by Crippen LogP contribution is 2.25. The van der Waals surface area contributed by atoms with E-state index in [2.05, 4.69) is 5.32 Å². The molecule has 0 heterocycles. The number of benzene rings is 1. The fourth-order valence-corrected chi connectivity index (χ4v) is 2.13. The Morgan fingerprint density at radius 3 is 2.89 bits per heavy atom. The zero-order chi connectivity index (χ0) is 13.0. The van der Waals surface area contributed by atoms with Crippen LogP contribution in [0.4, 0.5) is 4.39 Å². The molecule has 0 saturated heterocycles. The van der Waals surface area contributed by atoms with Crippen molar-refractivity contribution in [3.63, 3.8) is 0 Å². The molecule has 1 aromatic carbocycles. The maximum absolute atomic E-state index is 13.4. The summed E-state index contributed by atoms with van der Waals surface area (Å²) in [5.41, 5.74) is 2.29. The molecule has 18 heavy (non-hydrogen) atoms. The standard InChI is InChI=1S/C14H14FN3/c15-12-6-2-1-4-10(12)9-18-14-7-3-5-11(14)13(17)8-16/h1-2,4,6,17-18H,3,5,7,9H2. The maximum Gasteiger partial charge on any atom is 0.137 e. The summed E-state index contributed by atoms with van der Waals surface area (Å²) in [6.07, 6.45) is 2.53. The first-order valence-electron chi connectivity index (χ1n) is 5.90. The van der Waals surface area contributed by atoms with Crippen LogP contribution in [0.5, 0.6) is 0 Å². The molecule has 1 aliphatic carbocycles. The first kappa shape index (κ1) is 12.3. The molecule has 3 nitrogen and oxygen atoms in total. The Kier molecular flexibility index (Phi) is 3.73. The molecule has 2 rings (SSSR count). The van der Waals surface area contributed by atoms with E-state index in [4.69, 9.17) is 10.7 Å². The molecular formula is C14H14FN3. The molecule has 0 spiro atoms. The smallest absolute Gasteiger partial charge is 0.137 e. The normalized spacial score (nSPS) is 14.4. The highest BCUT2D eigenvalue weighted by atomic mass is 19.1. The third kappa shape index (κ3) is 2.57. The minimum Gasteiger partial charge on any atom is -0.384 e. The highest BCUT2D eigenvalue weighted by Gasteiger charge is 2.18. The van der Waals surface area contributed by atoms with E-state index in [0.29, 0.717) is 12.1 Å². The van der Waals surface area contributed by atoms with E-state index in [1.54, 1.807) is 18.2 Å². The second-order valence-corrected chi connectivity index (χ2v) is 4.24. The Hall–Kier alpha value is -2.15. The summed E-state index contributed by atoms with van der Waals surface area (Å²) in [4.78, 5) is 0. The molecule has 0 saturated carbocycles. The SMILES string of the molecule is N#CC(=N)C1=C(NCc2ccccc2F)CCC1. The van der Waals surface area contributed by atoms with Crippen LogP contribution in [-0.4, -0.2) is 5.71 Å². The average molecular weight is 243 g/mol. The van der Waals surface area contributed by atoms with Crippen molar-refractivity contribution in [3.8, 4) is 6.07 Å². The van der Waals surface area contributed by atoms with Gasteiger partial charge in [-0.25, -0.2) is 4.39 Å². The predicted octanol–water partition coefficient (Wildman–Crippen LogP) is 2.90. The van der Waals surface area contributed by atoms with Gasteiger partial charge in [-0.2, -0.15) is 5.26 Å². The zero-order valence-corrected chi connectivity index (χ0v) is 9.96. The molecule has 1 aliphatic rings. The third-order valence-electron chi connectivity index (χ3n) is 3.08. The van der Waals surface area contributed by atoms with Gasteiger partial charge in [0.2, 0.25) is 0 Å². The molecule has 0 fully saturated rings. The first-order valence-corrected chi connectivity index (χ1v) is 5.90. The lowest BCUT2D eigenvalue weighted by Gasteiger charge is -2.10. The molecule has 0 radical (unpaired) electrons. The van der Waals surface area contributed by atoms with Crippen LogP contribution in [0, 0.1) is 22.6 Å². The van der Waals surface area contributed by atoms with Gasteiger partial charge in [0.05, 0.1) is 0 Å². The summed E-state index contributed by atoms with van der Waals surface area (Å²) < 4.78 is 13.4. The van der Waals surface area contributed by atoms with Gasteiger partial charge in [-0.15, -0.1) is 0 Å². The molecule has 0 aliphatic heterocycles. The monoisotopic (exact) mass is 243 g/mol. The molecule has 0 amide bonds. The van der Waals surface area contributed by atoms with E-state index in [-0.39, 0.29) is 11.5 Å². The minimum atomic E-state index is -0.236. The van der Waals surface area contributed by atoms with Crippen LogP contribution in [0.2, 0.25) is 0 Å². The van der Waals surface area contributed by atoms with E-state index in [0.717, 1.165) is 30.5 Å². The second-order valence-electron chi connectivity index (χ2n) is 4.24. The number of hydrogen-bond acceptors (Lipinski definition) is 3. The van der Waals surface area contributed by atoms with Crippen LogP contribution in [0.25, 0.3) is 0 Å². The number of rotatable bonds is 4. The summed E-state index contributed by atoms with van der Waals surface area (Å²) in [6, 6.07) is 8.47. The van der Waals surface area contributed by atoms with E-state index in [1.165, 1.54) is 6.07 Å². The fraction of sp³-hybridized carbons (Fsp3) is 0.286. The minimum absolute atomic E-state index is 0.0172. The maximum atomic E-state index is 13.4. The first-order chi connectivity index (χ1) is 8.72. The lowest BCUT2D eigenvalue weighted by molar-refractivity contribution is 0.599.